The number of carbonyl (C=O) groups is 2. The zero-order chi connectivity index (χ0) is 21.1. The Bertz CT molecular complexity index is 1280. The normalized spacial score (nSPS) is 21.1. The number of likely N-dealkylation sites (N-methyl/N-ethyl adjacent to an activating group) is 1. The summed E-state index contributed by atoms with van der Waals surface area (Å²) in [7, 11) is 0. The molecule has 4 heterocycles. The van der Waals surface area contributed by atoms with Crippen LogP contribution in [0.2, 0.25) is 0 Å². The Hall–Kier alpha value is -3.74. The largest absolute Gasteiger partial charge is 0.454 e. The van der Waals surface area contributed by atoms with Crippen molar-refractivity contribution in [2.45, 2.75) is 19.4 Å². The monoisotopic (exact) mass is 415 g/mol. The molecule has 0 bridgehead atoms. The number of benzene rings is 2. The number of fused-ring (bicyclic) bond motifs is 5. The SMILES string of the molecule is CCN1CC(=O)N2C(=Cc3ccc4c(c3)OCO4)c3[nH]c4ccccc4c3C[C@@H]2C1=O. The molecule has 1 saturated heterocycles. The van der Waals surface area contributed by atoms with Crippen LogP contribution in [0.1, 0.15) is 23.7 Å². The predicted octanol–water partition coefficient (Wildman–Crippen LogP) is 3.01. The van der Waals surface area contributed by atoms with Gasteiger partial charge >= 0.3 is 0 Å². The summed E-state index contributed by atoms with van der Waals surface area (Å²) in [6.45, 7) is 2.73. The number of nitrogens with zero attached hydrogens (tertiary/aromatic N) is 2. The van der Waals surface area contributed by atoms with Crippen molar-refractivity contribution in [3.8, 4) is 11.5 Å². The molecule has 2 aromatic carbocycles. The van der Waals surface area contributed by atoms with E-state index in [-0.39, 0.29) is 25.2 Å². The third-order valence-electron chi connectivity index (χ3n) is 6.31. The van der Waals surface area contributed by atoms with Crippen molar-refractivity contribution in [1.29, 1.82) is 0 Å². The molecule has 3 aliphatic rings. The number of ether oxygens (including phenoxy) is 2. The predicted molar refractivity (Wildman–Crippen MR) is 115 cm³/mol. The molecule has 3 aromatic rings. The van der Waals surface area contributed by atoms with E-state index < -0.39 is 6.04 Å². The first-order valence-corrected chi connectivity index (χ1v) is 10.5. The van der Waals surface area contributed by atoms with E-state index >= 15 is 0 Å². The number of aromatic nitrogens is 1. The highest BCUT2D eigenvalue weighted by Gasteiger charge is 2.45. The van der Waals surface area contributed by atoms with Gasteiger partial charge in [-0.2, -0.15) is 0 Å². The summed E-state index contributed by atoms with van der Waals surface area (Å²) in [6.07, 6.45) is 2.45. The Morgan fingerprint density at radius 3 is 2.84 bits per heavy atom. The third-order valence-corrected chi connectivity index (χ3v) is 6.31. The number of piperazine rings is 1. The molecule has 7 nitrogen and oxygen atoms in total. The Balaban J connectivity index is 1.56. The molecular weight excluding hydrogens is 394 g/mol. The summed E-state index contributed by atoms with van der Waals surface area (Å²) >= 11 is 0. The van der Waals surface area contributed by atoms with Crippen LogP contribution in [0, 0.1) is 0 Å². The van der Waals surface area contributed by atoms with E-state index in [9.17, 15) is 9.59 Å². The Morgan fingerprint density at radius 1 is 1.13 bits per heavy atom. The second-order valence-corrected chi connectivity index (χ2v) is 8.00. The lowest BCUT2D eigenvalue weighted by Crippen LogP contribution is -2.60. The number of hydrogen-bond acceptors (Lipinski definition) is 4. The number of rotatable bonds is 2. The minimum atomic E-state index is -0.534. The van der Waals surface area contributed by atoms with Gasteiger partial charge in [-0.1, -0.05) is 24.3 Å². The molecule has 0 aliphatic carbocycles. The number of H-pyrrole nitrogens is 1. The second kappa shape index (κ2) is 6.63. The van der Waals surface area contributed by atoms with Gasteiger partial charge in [0.05, 0.1) is 11.4 Å². The fourth-order valence-corrected chi connectivity index (χ4v) is 4.81. The molecule has 0 saturated carbocycles. The number of hydrogen-bond donors (Lipinski definition) is 1. The smallest absolute Gasteiger partial charge is 0.247 e. The van der Waals surface area contributed by atoms with Gasteiger partial charge in [0.15, 0.2) is 11.5 Å². The van der Waals surface area contributed by atoms with Crippen molar-refractivity contribution < 1.29 is 19.1 Å². The van der Waals surface area contributed by atoms with Crippen LogP contribution in [0.4, 0.5) is 0 Å². The quantitative estimate of drug-likeness (QED) is 0.698. The third kappa shape index (κ3) is 2.66. The molecule has 0 radical (unpaired) electrons. The maximum absolute atomic E-state index is 13.2. The molecule has 3 aliphatic heterocycles. The Labute approximate surface area is 178 Å². The maximum atomic E-state index is 13.2. The van der Waals surface area contributed by atoms with Crippen molar-refractivity contribution in [2.24, 2.45) is 0 Å². The molecule has 1 aromatic heterocycles. The second-order valence-electron chi connectivity index (χ2n) is 8.00. The van der Waals surface area contributed by atoms with Gasteiger partial charge < -0.3 is 19.4 Å². The van der Waals surface area contributed by atoms with Gasteiger partial charge in [-0.05, 0) is 42.3 Å². The van der Waals surface area contributed by atoms with Gasteiger partial charge in [-0.25, -0.2) is 0 Å². The number of amides is 2. The molecule has 1 atom stereocenters. The fourth-order valence-electron chi connectivity index (χ4n) is 4.81. The van der Waals surface area contributed by atoms with Crippen molar-refractivity contribution in [3.05, 3.63) is 59.3 Å². The van der Waals surface area contributed by atoms with E-state index in [0.717, 1.165) is 33.4 Å². The van der Waals surface area contributed by atoms with Crippen LogP contribution >= 0.6 is 0 Å². The summed E-state index contributed by atoms with van der Waals surface area (Å²) in [5.74, 6) is 1.31. The van der Waals surface area contributed by atoms with Crippen LogP contribution < -0.4 is 9.47 Å². The Morgan fingerprint density at radius 2 is 1.97 bits per heavy atom. The van der Waals surface area contributed by atoms with Crippen LogP contribution in [0.15, 0.2) is 42.5 Å². The van der Waals surface area contributed by atoms with Gasteiger partial charge in [-0.15, -0.1) is 0 Å². The first-order valence-electron chi connectivity index (χ1n) is 10.5. The topological polar surface area (TPSA) is 74.9 Å². The first-order chi connectivity index (χ1) is 15.1. The van der Waals surface area contributed by atoms with Crippen molar-refractivity contribution in [3.63, 3.8) is 0 Å². The average molecular weight is 415 g/mol. The van der Waals surface area contributed by atoms with Crippen LogP contribution in [-0.2, 0) is 16.0 Å². The van der Waals surface area contributed by atoms with E-state index in [0.29, 0.717) is 24.5 Å². The molecule has 1 fully saturated rings. The molecule has 1 N–H and O–H groups in total. The highest BCUT2D eigenvalue weighted by Crippen LogP contribution is 2.40. The van der Waals surface area contributed by atoms with Crippen molar-refractivity contribution in [2.75, 3.05) is 19.9 Å². The highest BCUT2D eigenvalue weighted by molar-refractivity contribution is 6.06. The summed E-state index contributed by atoms with van der Waals surface area (Å²) < 4.78 is 10.9. The molecule has 31 heavy (non-hydrogen) atoms. The highest BCUT2D eigenvalue weighted by atomic mass is 16.7. The fraction of sp³-hybridized carbons (Fsp3) is 0.250. The lowest BCUT2D eigenvalue weighted by atomic mass is 9.91. The van der Waals surface area contributed by atoms with Crippen LogP contribution in [-0.4, -0.2) is 52.5 Å². The lowest BCUT2D eigenvalue weighted by molar-refractivity contribution is -0.152. The molecule has 0 spiro atoms. The molecular formula is C24H21N3O4. The van der Waals surface area contributed by atoms with Gasteiger partial charge in [-0.3, -0.25) is 14.5 Å². The van der Waals surface area contributed by atoms with E-state index in [1.54, 1.807) is 9.80 Å². The number of carbonyl (C=O) groups excluding carboxylic acids is 2. The minimum Gasteiger partial charge on any atom is -0.454 e. The van der Waals surface area contributed by atoms with Crippen molar-refractivity contribution >= 4 is 34.5 Å². The average Bonchev–Trinajstić information content (AvgIpc) is 3.40. The van der Waals surface area contributed by atoms with Gasteiger partial charge in [0.1, 0.15) is 12.6 Å². The summed E-state index contributed by atoms with van der Waals surface area (Å²) in [5, 5.41) is 1.09. The summed E-state index contributed by atoms with van der Waals surface area (Å²) in [4.78, 5) is 33.2. The van der Waals surface area contributed by atoms with Gasteiger partial charge in [0, 0.05) is 23.9 Å². The number of aromatic amines is 1. The summed E-state index contributed by atoms with van der Waals surface area (Å²) in [6, 6.07) is 13.2. The minimum absolute atomic E-state index is 0.00498. The van der Waals surface area contributed by atoms with Gasteiger partial charge in [0.2, 0.25) is 18.6 Å². The zero-order valence-electron chi connectivity index (χ0n) is 17.1. The number of nitrogens with one attached hydrogen (secondary N) is 1. The van der Waals surface area contributed by atoms with E-state index in [2.05, 4.69) is 11.1 Å². The molecule has 156 valence electrons. The van der Waals surface area contributed by atoms with Crippen molar-refractivity contribution in [1.82, 2.24) is 14.8 Å². The lowest BCUT2D eigenvalue weighted by Gasteiger charge is -2.43. The zero-order valence-corrected chi connectivity index (χ0v) is 17.1. The van der Waals surface area contributed by atoms with Crippen LogP contribution in [0.5, 0.6) is 11.5 Å². The molecule has 2 amide bonds. The van der Waals surface area contributed by atoms with Gasteiger partial charge in [0.25, 0.3) is 0 Å². The summed E-state index contributed by atoms with van der Waals surface area (Å²) in [5.41, 5.74) is 4.55. The maximum Gasteiger partial charge on any atom is 0.247 e. The molecule has 7 heteroatoms. The van der Waals surface area contributed by atoms with Crippen LogP contribution in [0.25, 0.3) is 22.7 Å². The van der Waals surface area contributed by atoms with E-state index in [4.69, 9.17) is 9.47 Å². The van der Waals surface area contributed by atoms with E-state index in [1.807, 2.05) is 49.4 Å². The van der Waals surface area contributed by atoms with Crippen LogP contribution in [0.3, 0.4) is 0 Å². The molecule has 6 rings (SSSR count). The van der Waals surface area contributed by atoms with E-state index in [1.165, 1.54) is 0 Å². The Kier molecular flexibility index (Phi) is 3.86. The number of para-hydroxylation sites is 1. The first kappa shape index (κ1) is 18.1. The molecule has 0 unspecified atom stereocenters. The standard InChI is InChI=1S/C24H21N3O4/c1-2-26-12-22(28)27-18(9-14-7-8-20-21(10-14)31-13-30-20)23-16(11-19(27)24(26)29)15-5-3-4-6-17(15)25-23/h3-10,19,25H,2,11-13H2,1H3/t19-/m1/s1.